The van der Waals surface area contributed by atoms with Gasteiger partial charge in [-0.15, -0.1) is 0 Å². The number of aromatic amines is 1. The van der Waals surface area contributed by atoms with Gasteiger partial charge >= 0.3 is 5.97 Å². The predicted molar refractivity (Wildman–Crippen MR) is 121 cm³/mol. The molecule has 0 saturated heterocycles. The van der Waals surface area contributed by atoms with Crippen LogP contribution in [-0.4, -0.2) is 11.0 Å². The molecule has 0 aliphatic rings. The smallest absolute Gasteiger partial charge is 0.302 e. The van der Waals surface area contributed by atoms with Crippen LogP contribution in [0, 0.1) is 6.92 Å². The molecule has 3 aromatic rings. The van der Waals surface area contributed by atoms with E-state index >= 15 is 0 Å². The number of pyridine rings is 1. The second-order valence-corrected chi connectivity index (χ2v) is 6.48. The van der Waals surface area contributed by atoms with Crippen molar-refractivity contribution < 1.29 is 9.53 Å². The van der Waals surface area contributed by atoms with E-state index in [2.05, 4.69) is 20.9 Å². The molecule has 4 nitrogen and oxygen atoms in total. The van der Waals surface area contributed by atoms with Crippen LogP contribution in [0.3, 0.4) is 0 Å². The molecule has 0 aliphatic carbocycles. The minimum atomic E-state index is -0.361. The molecule has 0 bridgehead atoms. The summed E-state index contributed by atoms with van der Waals surface area (Å²) >= 11 is 3.47. The number of carbonyl (C=O) groups is 1. The Morgan fingerprint density at radius 1 is 1.07 bits per heavy atom. The van der Waals surface area contributed by atoms with Crippen LogP contribution < -0.4 is 5.43 Å². The number of ether oxygens (including phenoxy) is 1. The van der Waals surface area contributed by atoms with Crippen molar-refractivity contribution in [3.8, 4) is 11.1 Å². The summed E-state index contributed by atoms with van der Waals surface area (Å²) in [5, 5.41) is 0.636. The van der Waals surface area contributed by atoms with Crippen molar-refractivity contribution in [3.63, 3.8) is 0 Å². The van der Waals surface area contributed by atoms with Gasteiger partial charge in [0, 0.05) is 39.6 Å². The van der Waals surface area contributed by atoms with E-state index in [0.717, 1.165) is 26.7 Å². The van der Waals surface area contributed by atoms with Crippen molar-refractivity contribution in [2.24, 2.45) is 0 Å². The van der Waals surface area contributed by atoms with E-state index in [1.165, 1.54) is 6.92 Å². The SMILES string of the molecule is CC.CC.CC(=O)OCc1c(Br)cccc1-c1c[nH]c2cc(C)ccc2c1=O. The first-order valence-corrected chi connectivity index (χ1v) is 10.3. The molecule has 1 aromatic heterocycles. The predicted octanol–water partition coefficient (Wildman–Crippen LogP) is 6.38. The lowest BCUT2D eigenvalue weighted by molar-refractivity contribution is -0.142. The van der Waals surface area contributed by atoms with Crippen LogP contribution in [0.4, 0.5) is 0 Å². The zero-order valence-electron chi connectivity index (χ0n) is 17.4. The fourth-order valence-electron chi connectivity index (χ4n) is 2.67. The van der Waals surface area contributed by atoms with Crippen molar-refractivity contribution in [2.45, 2.75) is 48.1 Å². The normalized spacial score (nSPS) is 9.68. The molecule has 0 atom stereocenters. The highest BCUT2D eigenvalue weighted by Crippen LogP contribution is 2.29. The minimum Gasteiger partial charge on any atom is -0.461 e. The molecule has 150 valence electrons. The highest BCUT2D eigenvalue weighted by atomic mass is 79.9. The number of halogens is 1. The lowest BCUT2D eigenvalue weighted by Crippen LogP contribution is -2.09. The Kier molecular flexibility index (Phi) is 9.66. The maximum atomic E-state index is 12.9. The molecule has 0 saturated carbocycles. The van der Waals surface area contributed by atoms with E-state index < -0.39 is 0 Å². The number of rotatable bonds is 3. The Morgan fingerprint density at radius 3 is 2.39 bits per heavy atom. The highest BCUT2D eigenvalue weighted by Gasteiger charge is 2.14. The molecule has 5 heteroatoms. The number of benzene rings is 2. The molecular weight excluding hydrogens is 418 g/mol. The second-order valence-electron chi connectivity index (χ2n) is 5.63. The number of hydrogen-bond acceptors (Lipinski definition) is 3. The van der Waals surface area contributed by atoms with Crippen molar-refractivity contribution in [1.29, 1.82) is 0 Å². The second kappa shape index (κ2) is 11.4. The van der Waals surface area contributed by atoms with Crippen molar-refractivity contribution >= 4 is 32.8 Å². The summed E-state index contributed by atoms with van der Waals surface area (Å²) in [6.45, 7) is 11.5. The van der Waals surface area contributed by atoms with Gasteiger partial charge in [0.05, 0.1) is 0 Å². The molecule has 0 aliphatic heterocycles. The number of nitrogens with one attached hydrogen (secondary N) is 1. The van der Waals surface area contributed by atoms with Crippen LogP contribution in [-0.2, 0) is 16.1 Å². The van der Waals surface area contributed by atoms with E-state index in [0.29, 0.717) is 10.9 Å². The monoisotopic (exact) mass is 445 g/mol. The van der Waals surface area contributed by atoms with Gasteiger partial charge in [-0.1, -0.05) is 61.8 Å². The maximum Gasteiger partial charge on any atom is 0.302 e. The van der Waals surface area contributed by atoms with Crippen molar-refractivity contribution in [1.82, 2.24) is 4.98 Å². The number of aromatic nitrogens is 1. The molecule has 0 spiro atoms. The average Bonchev–Trinajstić information content (AvgIpc) is 2.70. The van der Waals surface area contributed by atoms with Gasteiger partial charge in [-0.3, -0.25) is 9.59 Å². The van der Waals surface area contributed by atoms with Gasteiger partial charge in [-0.25, -0.2) is 0 Å². The first-order chi connectivity index (χ1) is 13.5. The third-order valence-electron chi connectivity index (χ3n) is 3.87. The van der Waals surface area contributed by atoms with Crippen molar-refractivity contribution in [2.75, 3.05) is 0 Å². The number of H-pyrrole nitrogens is 1. The van der Waals surface area contributed by atoms with Crippen LogP contribution in [0.2, 0.25) is 0 Å². The number of carbonyl (C=O) groups excluding carboxylic acids is 1. The van der Waals surface area contributed by atoms with Crippen LogP contribution >= 0.6 is 15.9 Å². The van der Waals surface area contributed by atoms with E-state index in [4.69, 9.17) is 4.74 Å². The highest BCUT2D eigenvalue weighted by molar-refractivity contribution is 9.10. The molecular formula is C23H28BrNO3. The van der Waals surface area contributed by atoms with Gasteiger partial charge in [0.2, 0.25) is 0 Å². The van der Waals surface area contributed by atoms with E-state index in [-0.39, 0.29) is 18.0 Å². The molecule has 1 heterocycles. The molecule has 2 aromatic carbocycles. The van der Waals surface area contributed by atoms with Gasteiger partial charge in [-0.05, 0) is 36.2 Å². The van der Waals surface area contributed by atoms with Crippen LogP contribution in [0.15, 0.2) is 51.9 Å². The van der Waals surface area contributed by atoms with Crippen LogP contribution in [0.1, 0.15) is 45.7 Å². The summed E-state index contributed by atoms with van der Waals surface area (Å²) in [6.07, 6.45) is 1.71. The zero-order chi connectivity index (χ0) is 21.3. The van der Waals surface area contributed by atoms with Gasteiger partial charge in [0.25, 0.3) is 0 Å². The van der Waals surface area contributed by atoms with Gasteiger partial charge in [0.15, 0.2) is 5.43 Å². The molecule has 3 rings (SSSR count). The number of fused-ring (bicyclic) bond motifs is 1. The van der Waals surface area contributed by atoms with Gasteiger partial charge in [-0.2, -0.15) is 0 Å². The van der Waals surface area contributed by atoms with Gasteiger partial charge in [0.1, 0.15) is 6.61 Å². The summed E-state index contributed by atoms with van der Waals surface area (Å²) in [5.74, 6) is -0.361. The Morgan fingerprint density at radius 2 is 1.75 bits per heavy atom. The summed E-state index contributed by atoms with van der Waals surface area (Å²) in [4.78, 5) is 27.2. The first-order valence-electron chi connectivity index (χ1n) is 9.50. The molecule has 0 unspecified atom stereocenters. The quantitative estimate of drug-likeness (QED) is 0.475. The van der Waals surface area contributed by atoms with Crippen molar-refractivity contribution in [3.05, 3.63) is 68.4 Å². The standard InChI is InChI=1S/C19H16BrNO3.2C2H6/c1-11-6-7-14-18(8-11)21-9-15(19(14)23)13-4-3-5-17(20)16(13)10-24-12(2)22;2*1-2/h3-9H,10H2,1-2H3,(H,21,23);2*1-2H3. The van der Waals surface area contributed by atoms with Crippen LogP contribution in [0.25, 0.3) is 22.0 Å². The lowest BCUT2D eigenvalue weighted by Gasteiger charge is -2.12. The van der Waals surface area contributed by atoms with Crippen LogP contribution in [0.5, 0.6) is 0 Å². The third-order valence-corrected chi connectivity index (χ3v) is 4.61. The number of hydrogen-bond donors (Lipinski definition) is 1. The fraction of sp³-hybridized carbons (Fsp3) is 0.304. The summed E-state index contributed by atoms with van der Waals surface area (Å²) in [6, 6.07) is 11.3. The topological polar surface area (TPSA) is 59.2 Å². The van der Waals surface area contributed by atoms with E-state index in [1.807, 2.05) is 71.0 Å². The molecule has 28 heavy (non-hydrogen) atoms. The number of aryl methyl sites for hydroxylation is 1. The summed E-state index contributed by atoms with van der Waals surface area (Å²) in [5.41, 5.74) is 3.91. The minimum absolute atomic E-state index is 0.0501. The van der Waals surface area contributed by atoms with Gasteiger partial charge < -0.3 is 9.72 Å². The Bertz CT molecular complexity index is 993. The zero-order valence-corrected chi connectivity index (χ0v) is 18.9. The fourth-order valence-corrected chi connectivity index (χ4v) is 3.15. The molecule has 0 fully saturated rings. The Hall–Kier alpha value is -2.40. The summed E-state index contributed by atoms with van der Waals surface area (Å²) < 4.78 is 5.93. The largest absolute Gasteiger partial charge is 0.461 e. The maximum absolute atomic E-state index is 12.9. The summed E-state index contributed by atoms with van der Waals surface area (Å²) in [7, 11) is 0. The van der Waals surface area contributed by atoms with E-state index in [9.17, 15) is 9.59 Å². The third kappa shape index (κ3) is 5.55. The molecule has 0 radical (unpaired) electrons. The Balaban J connectivity index is 0.000000921. The first kappa shape index (κ1) is 23.6. The molecule has 0 amide bonds. The Labute approximate surface area is 175 Å². The lowest BCUT2D eigenvalue weighted by atomic mass is 9.99. The van der Waals surface area contributed by atoms with E-state index in [1.54, 1.807) is 6.20 Å². The molecule has 1 N–H and O–H groups in total. The average molecular weight is 446 g/mol. The number of esters is 1.